The molecule has 0 saturated carbocycles. The van der Waals surface area contributed by atoms with E-state index in [1.54, 1.807) is 0 Å². The molecule has 2 aromatic rings. The molecular formula is C17H21NO3. The average molecular weight is 287 g/mol. The highest BCUT2D eigenvalue weighted by molar-refractivity contribution is 5.73. The highest BCUT2D eigenvalue weighted by Gasteiger charge is 2.11. The van der Waals surface area contributed by atoms with Crippen LogP contribution in [0.25, 0.3) is 11.3 Å². The van der Waals surface area contributed by atoms with E-state index in [0.29, 0.717) is 19.6 Å². The Bertz CT molecular complexity index is 599. The van der Waals surface area contributed by atoms with Crippen molar-refractivity contribution in [2.45, 2.75) is 20.3 Å². The first kappa shape index (κ1) is 15.2. The van der Waals surface area contributed by atoms with Crippen LogP contribution in [-0.2, 0) is 23.0 Å². The standard InChI is InChI=1S/C17H21NO3/c1-4-20-15-9-6-13(7-10-15)16-11-8-14(18(16)3)12-17(19)21-5-2/h6-11H,4-5,12H2,1-3H3. The zero-order chi connectivity index (χ0) is 15.2. The molecule has 0 aliphatic rings. The summed E-state index contributed by atoms with van der Waals surface area (Å²) in [6.45, 7) is 4.85. The molecule has 0 spiro atoms. The molecule has 0 aliphatic heterocycles. The average Bonchev–Trinajstić information content (AvgIpc) is 2.82. The fraction of sp³-hybridized carbons (Fsp3) is 0.353. The molecule has 0 N–H and O–H groups in total. The summed E-state index contributed by atoms with van der Waals surface area (Å²) in [5.74, 6) is 0.666. The van der Waals surface area contributed by atoms with E-state index in [2.05, 4.69) is 0 Å². The summed E-state index contributed by atoms with van der Waals surface area (Å²) >= 11 is 0. The third-order valence-corrected chi connectivity index (χ3v) is 3.32. The Morgan fingerprint density at radius 1 is 1.05 bits per heavy atom. The Labute approximate surface area is 125 Å². The molecule has 0 saturated heterocycles. The van der Waals surface area contributed by atoms with Gasteiger partial charge in [-0.15, -0.1) is 0 Å². The molecule has 0 fully saturated rings. The maximum absolute atomic E-state index is 11.6. The normalized spacial score (nSPS) is 10.4. The van der Waals surface area contributed by atoms with E-state index in [0.717, 1.165) is 22.7 Å². The van der Waals surface area contributed by atoms with Gasteiger partial charge in [0.05, 0.1) is 19.6 Å². The number of rotatable bonds is 6. The fourth-order valence-corrected chi connectivity index (χ4v) is 2.27. The van der Waals surface area contributed by atoms with E-state index >= 15 is 0 Å². The first-order chi connectivity index (χ1) is 10.2. The highest BCUT2D eigenvalue weighted by Crippen LogP contribution is 2.24. The molecule has 0 amide bonds. The molecule has 2 rings (SSSR count). The van der Waals surface area contributed by atoms with Crippen LogP contribution in [0.2, 0.25) is 0 Å². The number of esters is 1. The fourth-order valence-electron chi connectivity index (χ4n) is 2.27. The van der Waals surface area contributed by atoms with E-state index in [-0.39, 0.29) is 5.97 Å². The van der Waals surface area contributed by atoms with Crippen molar-refractivity contribution < 1.29 is 14.3 Å². The maximum Gasteiger partial charge on any atom is 0.311 e. The molecule has 1 aromatic carbocycles. The van der Waals surface area contributed by atoms with E-state index in [1.165, 1.54) is 0 Å². The van der Waals surface area contributed by atoms with Crippen molar-refractivity contribution in [1.29, 1.82) is 0 Å². The molecule has 1 aromatic heterocycles. The smallest absolute Gasteiger partial charge is 0.311 e. The third kappa shape index (κ3) is 3.66. The van der Waals surface area contributed by atoms with Gasteiger partial charge >= 0.3 is 5.97 Å². The van der Waals surface area contributed by atoms with Crippen LogP contribution < -0.4 is 4.74 Å². The van der Waals surface area contributed by atoms with Gasteiger partial charge in [0.1, 0.15) is 5.75 Å². The number of benzene rings is 1. The van der Waals surface area contributed by atoms with Crippen molar-refractivity contribution in [3.8, 4) is 17.0 Å². The number of hydrogen-bond donors (Lipinski definition) is 0. The van der Waals surface area contributed by atoms with Gasteiger partial charge in [-0.2, -0.15) is 0 Å². The molecule has 112 valence electrons. The Balaban J connectivity index is 2.17. The number of hydrogen-bond acceptors (Lipinski definition) is 3. The van der Waals surface area contributed by atoms with Crippen molar-refractivity contribution in [2.24, 2.45) is 7.05 Å². The van der Waals surface area contributed by atoms with Crippen LogP contribution >= 0.6 is 0 Å². The van der Waals surface area contributed by atoms with Crippen LogP contribution in [0.3, 0.4) is 0 Å². The number of ether oxygens (including phenoxy) is 2. The Morgan fingerprint density at radius 2 is 1.76 bits per heavy atom. The number of nitrogens with zero attached hydrogens (tertiary/aromatic N) is 1. The van der Waals surface area contributed by atoms with Crippen molar-refractivity contribution in [3.63, 3.8) is 0 Å². The van der Waals surface area contributed by atoms with Crippen LogP contribution in [-0.4, -0.2) is 23.8 Å². The van der Waals surface area contributed by atoms with Gasteiger partial charge in [-0.3, -0.25) is 4.79 Å². The molecule has 0 atom stereocenters. The SMILES string of the molecule is CCOC(=O)Cc1ccc(-c2ccc(OCC)cc2)n1C. The van der Waals surface area contributed by atoms with Gasteiger partial charge in [-0.1, -0.05) is 0 Å². The van der Waals surface area contributed by atoms with Crippen molar-refractivity contribution in [1.82, 2.24) is 4.57 Å². The second-order valence-corrected chi connectivity index (χ2v) is 4.71. The van der Waals surface area contributed by atoms with E-state index < -0.39 is 0 Å². The Hall–Kier alpha value is -2.23. The zero-order valence-electron chi connectivity index (χ0n) is 12.8. The van der Waals surface area contributed by atoms with Crippen molar-refractivity contribution in [2.75, 3.05) is 13.2 Å². The molecular weight excluding hydrogens is 266 g/mol. The minimum Gasteiger partial charge on any atom is -0.494 e. The summed E-state index contributed by atoms with van der Waals surface area (Å²) in [6.07, 6.45) is 0.293. The summed E-state index contributed by atoms with van der Waals surface area (Å²) in [7, 11) is 1.96. The van der Waals surface area contributed by atoms with Gasteiger partial charge in [-0.05, 0) is 55.8 Å². The Kier molecular flexibility index (Phi) is 5.04. The number of carbonyl (C=O) groups is 1. The van der Waals surface area contributed by atoms with Crippen LogP contribution in [0.4, 0.5) is 0 Å². The summed E-state index contributed by atoms with van der Waals surface area (Å²) in [5.41, 5.74) is 3.10. The number of aromatic nitrogens is 1. The van der Waals surface area contributed by atoms with Gasteiger partial charge in [0.15, 0.2) is 0 Å². The van der Waals surface area contributed by atoms with E-state index in [4.69, 9.17) is 9.47 Å². The largest absolute Gasteiger partial charge is 0.494 e. The molecule has 0 bridgehead atoms. The minimum atomic E-state index is -0.197. The lowest BCUT2D eigenvalue weighted by Gasteiger charge is -2.09. The minimum absolute atomic E-state index is 0.197. The topological polar surface area (TPSA) is 40.5 Å². The van der Waals surface area contributed by atoms with Crippen LogP contribution in [0.5, 0.6) is 5.75 Å². The molecule has 0 radical (unpaired) electrons. The highest BCUT2D eigenvalue weighted by atomic mass is 16.5. The summed E-state index contributed by atoms with van der Waals surface area (Å²) in [6, 6.07) is 11.9. The lowest BCUT2D eigenvalue weighted by atomic mass is 10.1. The third-order valence-electron chi connectivity index (χ3n) is 3.32. The molecule has 0 unspecified atom stereocenters. The molecule has 21 heavy (non-hydrogen) atoms. The van der Waals surface area contributed by atoms with Gasteiger partial charge in [0, 0.05) is 18.4 Å². The maximum atomic E-state index is 11.6. The second kappa shape index (κ2) is 6.97. The van der Waals surface area contributed by atoms with Gasteiger partial charge in [0.25, 0.3) is 0 Å². The zero-order valence-corrected chi connectivity index (χ0v) is 12.8. The van der Waals surface area contributed by atoms with Gasteiger partial charge in [0.2, 0.25) is 0 Å². The van der Waals surface area contributed by atoms with Crippen molar-refractivity contribution >= 4 is 5.97 Å². The Morgan fingerprint density at radius 3 is 2.38 bits per heavy atom. The number of carbonyl (C=O) groups excluding carboxylic acids is 1. The van der Waals surface area contributed by atoms with Crippen molar-refractivity contribution in [3.05, 3.63) is 42.1 Å². The summed E-state index contributed by atoms with van der Waals surface area (Å²) < 4.78 is 12.5. The molecule has 4 heteroatoms. The van der Waals surface area contributed by atoms with Crippen LogP contribution in [0.15, 0.2) is 36.4 Å². The van der Waals surface area contributed by atoms with E-state index in [9.17, 15) is 4.79 Å². The quantitative estimate of drug-likeness (QED) is 0.766. The lowest BCUT2D eigenvalue weighted by Crippen LogP contribution is -2.10. The second-order valence-electron chi connectivity index (χ2n) is 4.71. The monoisotopic (exact) mass is 287 g/mol. The predicted octanol–water partition coefficient (Wildman–Crippen LogP) is 3.20. The molecule has 1 heterocycles. The van der Waals surface area contributed by atoms with Gasteiger partial charge in [-0.25, -0.2) is 0 Å². The summed E-state index contributed by atoms with van der Waals surface area (Å²) in [4.78, 5) is 11.6. The van der Waals surface area contributed by atoms with Gasteiger partial charge < -0.3 is 14.0 Å². The summed E-state index contributed by atoms with van der Waals surface area (Å²) in [5, 5.41) is 0. The van der Waals surface area contributed by atoms with E-state index in [1.807, 2.05) is 61.9 Å². The predicted molar refractivity (Wildman–Crippen MR) is 82.4 cm³/mol. The first-order valence-electron chi connectivity index (χ1n) is 7.19. The first-order valence-corrected chi connectivity index (χ1v) is 7.19. The molecule has 0 aliphatic carbocycles. The lowest BCUT2D eigenvalue weighted by molar-refractivity contribution is -0.142. The van der Waals surface area contributed by atoms with Crippen LogP contribution in [0, 0.1) is 0 Å². The molecule has 4 nitrogen and oxygen atoms in total. The van der Waals surface area contributed by atoms with Crippen LogP contribution in [0.1, 0.15) is 19.5 Å².